The third kappa shape index (κ3) is 6.30. The molecule has 4 rings (SSSR count). The molecule has 7 N–H and O–H groups in total. The van der Waals surface area contributed by atoms with Gasteiger partial charge in [-0.25, -0.2) is 23.5 Å². The number of ether oxygens (including phenoxy) is 1. The summed E-state index contributed by atoms with van der Waals surface area (Å²) in [7, 11) is -4.27. The molecule has 15 nitrogen and oxygen atoms in total. The molecule has 0 aliphatic carbocycles. The Morgan fingerprint density at radius 1 is 1.34 bits per heavy atom. The van der Waals surface area contributed by atoms with E-state index in [9.17, 15) is 24.8 Å². The van der Waals surface area contributed by atoms with Crippen molar-refractivity contribution >= 4 is 42.0 Å². The number of fused-ring (bicyclic) bond motifs is 1. The smallest absolute Gasteiger partial charge is 0.395 e. The largest absolute Gasteiger partial charge is 0.405 e. The number of nitrogens with two attached hydrogens (primary N) is 2. The molecule has 1 fully saturated rings. The van der Waals surface area contributed by atoms with Crippen LogP contribution in [0.15, 0.2) is 36.5 Å². The first-order chi connectivity index (χ1) is 20.6. The van der Waals surface area contributed by atoms with Crippen molar-refractivity contribution < 1.29 is 37.7 Å². The van der Waals surface area contributed by atoms with Gasteiger partial charge in [0.05, 0.1) is 38.0 Å². The number of carbonyl (C=O) groups is 1. The number of nitriles is 1. The van der Waals surface area contributed by atoms with Gasteiger partial charge in [-0.3, -0.25) is 13.8 Å². The number of hydrogen-bond donors (Lipinski definition) is 5. The molecule has 0 amide bonds. The summed E-state index contributed by atoms with van der Waals surface area (Å²) in [5.41, 5.74) is 3.15. The number of anilines is 2. The zero-order chi connectivity index (χ0) is 32.4. The maximum Gasteiger partial charge on any atom is 0.405 e. The van der Waals surface area contributed by atoms with E-state index in [-0.39, 0.29) is 53.7 Å². The van der Waals surface area contributed by atoms with Gasteiger partial charge in [0.1, 0.15) is 17.4 Å². The Morgan fingerprint density at radius 2 is 2.05 bits per heavy atom. The average Bonchev–Trinajstić information content (AvgIpc) is 3.50. The van der Waals surface area contributed by atoms with Crippen LogP contribution in [0.2, 0.25) is 0 Å². The molecule has 0 radical (unpaired) electrons. The van der Waals surface area contributed by atoms with Crippen molar-refractivity contribution in [3.05, 3.63) is 47.8 Å². The maximum atomic E-state index is 16.8. The molecular formula is C26H34FN8O7PS. The highest BCUT2D eigenvalue weighted by Gasteiger charge is 2.71. The predicted molar refractivity (Wildman–Crippen MR) is 158 cm³/mol. The highest BCUT2D eigenvalue weighted by atomic mass is 32.2. The summed E-state index contributed by atoms with van der Waals surface area (Å²) in [5, 5.41) is 37.5. The van der Waals surface area contributed by atoms with Gasteiger partial charge >= 0.3 is 7.75 Å². The lowest BCUT2D eigenvalue weighted by Crippen LogP contribution is -2.58. The Labute approximate surface area is 256 Å². The van der Waals surface area contributed by atoms with E-state index >= 15 is 4.39 Å². The minimum atomic E-state index is -4.27. The zero-order valence-electron chi connectivity index (χ0n) is 24.3. The number of aliphatic hydroxyl groups excluding tert-OH is 1. The van der Waals surface area contributed by atoms with E-state index in [2.05, 4.69) is 20.2 Å². The van der Waals surface area contributed by atoms with Crippen LogP contribution in [0.1, 0.15) is 32.0 Å². The molecule has 44 heavy (non-hydrogen) atoms. The summed E-state index contributed by atoms with van der Waals surface area (Å²) in [5.74, 6) is -0.338. The molecule has 1 aromatic carbocycles. The average molecular weight is 653 g/mol. The standard InChI is InChI=1S/C26H34FN8O7PS/c1-23(2,14-36)21(37)44-10-9-41-43(39,32-11-17-7-5-4-6-8-17)42-16-25(38)15-40-26(13-28,24(25,3)27)18-12-31-20-19(29)33-22(30)34-35(18)20/h4-8,12,36,38H,9-11,14-16H2,1-3H3,(H,32,39)(H4,29,30,33,34)/t24?,25-,26-,43?/m0/s1. The number of carbonyl (C=O) groups excluding carboxylic acids is 1. The second-order valence-electron chi connectivity index (χ2n) is 11.0. The number of aliphatic hydroxyl groups is 2. The number of hydrogen-bond acceptors (Lipinski definition) is 14. The maximum absolute atomic E-state index is 16.8. The van der Waals surface area contributed by atoms with Crippen molar-refractivity contribution in [2.45, 2.75) is 44.2 Å². The zero-order valence-corrected chi connectivity index (χ0v) is 26.0. The van der Waals surface area contributed by atoms with Gasteiger partial charge in [0.25, 0.3) is 0 Å². The van der Waals surface area contributed by atoms with Crippen LogP contribution in [0.3, 0.4) is 0 Å². The third-order valence-corrected chi connectivity index (χ3v) is 10.0. The van der Waals surface area contributed by atoms with Crippen LogP contribution in [0, 0.1) is 16.7 Å². The summed E-state index contributed by atoms with van der Waals surface area (Å²) in [4.78, 5) is 20.2. The fourth-order valence-electron chi connectivity index (χ4n) is 4.33. The van der Waals surface area contributed by atoms with E-state index < -0.39 is 43.2 Å². The van der Waals surface area contributed by atoms with E-state index in [0.29, 0.717) is 0 Å². The SMILES string of the molecule is CC(C)(CO)C(=O)SCCOP(=O)(NCc1ccccc1)OC[C@@]1(O)CO[C@@](C#N)(c2cnc3c(N)nc(N)nn23)C1(C)F. The van der Waals surface area contributed by atoms with E-state index in [1.807, 2.05) is 0 Å². The number of nitrogens with one attached hydrogen (secondary N) is 1. The monoisotopic (exact) mass is 652 g/mol. The van der Waals surface area contributed by atoms with Crippen LogP contribution < -0.4 is 16.6 Å². The number of benzene rings is 1. The quantitative estimate of drug-likeness (QED) is 0.131. The molecule has 3 heterocycles. The molecule has 0 bridgehead atoms. The summed E-state index contributed by atoms with van der Waals surface area (Å²) in [6.07, 6.45) is 1.11. The van der Waals surface area contributed by atoms with Gasteiger partial charge in [0.15, 0.2) is 22.2 Å². The van der Waals surface area contributed by atoms with E-state index in [1.165, 1.54) is 0 Å². The van der Waals surface area contributed by atoms with Gasteiger partial charge < -0.3 is 26.4 Å². The Bertz CT molecular complexity index is 1600. The lowest BCUT2D eigenvalue weighted by Gasteiger charge is -2.37. The van der Waals surface area contributed by atoms with Crippen molar-refractivity contribution in [2.75, 3.05) is 43.6 Å². The highest BCUT2D eigenvalue weighted by Crippen LogP contribution is 2.54. The number of rotatable bonds is 13. The van der Waals surface area contributed by atoms with Gasteiger partial charge in [-0.05, 0) is 26.3 Å². The second kappa shape index (κ2) is 12.7. The van der Waals surface area contributed by atoms with Crippen LogP contribution in [0.25, 0.3) is 5.65 Å². The first kappa shape index (κ1) is 33.7. The number of nitrogens with zero attached hydrogens (tertiary/aromatic N) is 5. The number of halogens is 1. The third-order valence-electron chi connectivity index (χ3n) is 7.30. The molecule has 1 aliphatic heterocycles. The lowest BCUT2D eigenvalue weighted by atomic mass is 9.76. The Kier molecular flexibility index (Phi) is 9.69. The van der Waals surface area contributed by atoms with E-state index in [0.717, 1.165) is 35.0 Å². The van der Waals surface area contributed by atoms with Crippen LogP contribution >= 0.6 is 19.5 Å². The first-order valence-corrected chi connectivity index (χ1v) is 15.9. The minimum absolute atomic E-state index is 0.0170. The molecule has 238 valence electrons. The number of nitrogen functional groups attached to an aromatic ring is 2. The summed E-state index contributed by atoms with van der Waals surface area (Å²) in [6.45, 7) is 1.87. The normalized spacial score (nSPS) is 25.1. The summed E-state index contributed by atoms with van der Waals surface area (Å²) in [6, 6.07) is 10.7. The molecule has 2 unspecified atom stereocenters. The van der Waals surface area contributed by atoms with Gasteiger partial charge in [-0.15, -0.1) is 5.10 Å². The number of aromatic nitrogens is 4. The summed E-state index contributed by atoms with van der Waals surface area (Å²) < 4.78 is 48.4. The molecule has 1 saturated heterocycles. The van der Waals surface area contributed by atoms with Crippen LogP contribution in [0.4, 0.5) is 16.2 Å². The second-order valence-corrected chi connectivity index (χ2v) is 13.8. The minimum Gasteiger partial charge on any atom is -0.395 e. The Hall–Kier alpha value is -3.20. The fraction of sp³-hybridized carbons (Fsp3) is 0.500. The Morgan fingerprint density at radius 3 is 2.70 bits per heavy atom. The van der Waals surface area contributed by atoms with Crippen molar-refractivity contribution in [1.29, 1.82) is 5.26 Å². The molecule has 0 spiro atoms. The van der Waals surface area contributed by atoms with Crippen LogP contribution in [-0.2, 0) is 35.3 Å². The van der Waals surface area contributed by atoms with Gasteiger partial charge in [-0.2, -0.15) is 10.2 Å². The molecule has 18 heteroatoms. The predicted octanol–water partition coefficient (Wildman–Crippen LogP) is 1.71. The topological polar surface area (TPSA) is 233 Å². The molecule has 0 saturated carbocycles. The summed E-state index contributed by atoms with van der Waals surface area (Å²) >= 11 is 0.879. The molecule has 3 aromatic rings. The van der Waals surface area contributed by atoms with Gasteiger partial charge in [-0.1, -0.05) is 42.1 Å². The molecule has 2 aromatic heterocycles. The number of thioether (sulfide) groups is 1. The van der Waals surface area contributed by atoms with Crippen molar-refractivity contribution in [3.8, 4) is 6.07 Å². The molecule has 4 atom stereocenters. The molecule has 1 aliphatic rings. The lowest BCUT2D eigenvalue weighted by molar-refractivity contribution is -0.119. The van der Waals surface area contributed by atoms with Crippen molar-refractivity contribution in [3.63, 3.8) is 0 Å². The number of alkyl halides is 1. The fourth-order valence-corrected chi connectivity index (χ4v) is 6.61. The van der Waals surface area contributed by atoms with Gasteiger partial charge in [0.2, 0.25) is 11.5 Å². The van der Waals surface area contributed by atoms with Gasteiger partial charge in [0, 0.05) is 12.3 Å². The van der Waals surface area contributed by atoms with Crippen molar-refractivity contribution in [2.24, 2.45) is 5.41 Å². The van der Waals surface area contributed by atoms with Crippen molar-refractivity contribution in [1.82, 2.24) is 24.7 Å². The molecular weight excluding hydrogens is 618 g/mol. The van der Waals surface area contributed by atoms with E-state index in [4.69, 9.17) is 25.3 Å². The Balaban J connectivity index is 1.55. The van der Waals surface area contributed by atoms with Crippen LogP contribution in [0.5, 0.6) is 0 Å². The van der Waals surface area contributed by atoms with E-state index in [1.54, 1.807) is 50.2 Å². The number of imidazole rings is 1. The van der Waals surface area contributed by atoms with Crippen LogP contribution in [-0.4, -0.2) is 78.4 Å². The highest BCUT2D eigenvalue weighted by molar-refractivity contribution is 8.13. The first-order valence-electron chi connectivity index (χ1n) is 13.3.